The Balaban J connectivity index is 1.91. The van der Waals surface area contributed by atoms with E-state index in [9.17, 15) is 22.4 Å². The van der Waals surface area contributed by atoms with Crippen molar-refractivity contribution < 1.29 is 22.4 Å². The van der Waals surface area contributed by atoms with Crippen LogP contribution in [0.4, 0.5) is 23.2 Å². The highest BCUT2D eigenvalue weighted by Gasteiger charge is 2.30. The molecular formula is C19H20F4N2O. The molecule has 0 aliphatic rings. The average Bonchev–Trinajstić information content (AvgIpc) is 2.58. The van der Waals surface area contributed by atoms with Crippen LogP contribution in [-0.2, 0) is 16.4 Å². The van der Waals surface area contributed by atoms with Crippen molar-refractivity contribution in [1.29, 1.82) is 0 Å². The lowest BCUT2D eigenvalue weighted by molar-refractivity contribution is -0.137. The average molecular weight is 368 g/mol. The number of carbonyl (C=O) groups is 1. The molecule has 0 fully saturated rings. The summed E-state index contributed by atoms with van der Waals surface area (Å²) < 4.78 is 51.9. The quantitative estimate of drug-likeness (QED) is 0.745. The van der Waals surface area contributed by atoms with Crippen molar-refractivity contribution in [3.8, 4) is 0 Å². The molecule has 1 amide bonds. The molecule has 7 heteroatoms. The van der Waals surface area contributed by atoms with Crippen LogP contribution >= 0.6 is 0 Å². The van der Waals surface area contributed by atoms with Gasteiger partial charge in [-0.1, -0.05) is 38.1 Å². The van der Waals surface area contributed by atoms with Crippen molar-refractivity contribution in [2.45, 2.75) is 25.4 Å². The molecule has 0 heterocycles. The molecule has 2 rings (SSSR count). The van der Waals surface area contributed by atoms with Gasteiger partial charge in [0.15, 0.2) is 0 Å². The van der Waals surface area contributed by atoms with Crippen LogP contribution in [0, 0.1) is 5.82 Å². The molecule has 0 aliphatic heterocycles. The van der Waals surface area contributed by atoms with Crippen LogP contribution in [0.1, 0.15) is 25.0 Å². The van der Waals surface area contributed by atoms with Crippen LogP contribution in [0.2, 0.25) is 0 Å². The summed E-state index contributed by atoms with van der Waals surface area (Å²) in [6.07, 6.45) is -4.44. The van der Waals surface area contributed by atoms with Gasteiger partial charge in [-0.25, -0.2) is 4.39 Å². The number of nitrogens with one attached hydrogen (secondary N) is 2. The van der Waals surface area contributed by atoms with Gasteiger partial charge in [0.1, 0.15) is 5.82 Å². The smallest absolute Gasteiger partial charge is 0.376 e. The van der Waals surface area contributed by atoms with Gasteiger partial charge in [0.05, 0.1) is 12.1 Å². The second-order valence-electron chi connectivity index (χ2n) is 6.57. The summed E-state index contributed by atoms with van der Waals surface area (Å²) in [7, 11) is 0. The number of halogens is 4. The van der Waals surface area contributed by atoms with Gasteiger partial charge < -0.3 is 10.6 Å². The Morgan fingerprint density at radius 2 is 1.73 bits per heavy atom. The van der Waals surface area contributed by atoms with Gasteiger partial charge in [-0.05, 0) is 29.8 Å². The summed E-state index contributed by atoms with van der Waals surface area (Å²) >= 11 is 0. The largest absolute Gasteiger partial charge is 0.416 e. The van der Waals surface area contributed by atoms with Crippen LogP contribution in [0.15, 0.2) is 48.5 Å². The van der Waals surface area contributed by atoms with Crippen LogP contribution < -0.4 is 10.6 Å². The molecule has 26 heavy (non-hydrogen) atoms. The molecule has 0 spiro atoms. The third kappa shape index (κ3) is 5.21. The second-order valence-corrected chi connectivity index (χ2v) is 6.57. The number of amides is 1. The molecular weight excluding hydrogens is 348 g/mol. The lowest BCUT2D eigenvalue weighted by Gasteiger charge is -2.26. The molecule has 2 N–H and O–H groups in total. The highest BCUT2D eigenvalue weighted by molar-refractivity contribution is 5.80. The summed E-state index contributed by atoms with van der Waals surface area (Å²) in [6.45, 7) is 3.60. The predicted octanol–water partition coefficient (Wildman–Crippen LogP) is 4.35. The summed E-state index contributed by atoms with van der Waals surface area (Å²) in [5.74, 6) is -0.749. The third-order valence-corrected chi connectivity index (χ3v) is 3.97. The molecule has 0 aromatic heterocycles. The monoisotopic (exact) mass is 368 g/mol. The van der Waals surface area contributed by atoms with Crippen LogP contribution in [0.3, 0.4) is 0 Å². The maximum atomic E-state index is 13.9. The SMILES string of the molecule is CC(C)(CNC(=O)CNc1cccc(C(F)(F)F)c1)c1ccccc1F. The minimum atomic E-state index is -4.44. The molecule has 0 atom stereocenters. The van der Waals surface area contributed by atoms with Gasteiger partial charge in [-0.15, -0.1) is 0 Å². The number of hydrogen-bond acceptors (Lipinski definition) is 2. The lowest BCUT2D eigenvalue weighted by Crippen LogP contribution is -2.39. The van der Waals surface area contributed by atoms with E-state index in [0.29, 0.717) is 5.56 Å². The fourth-order valence-electron chi connectivity index (χ4n) is 2.48. The zero-order chi connectivity index (χ0) is 19.4. The van der Waals surface area contributed by atoms with Crippen molar-refractivity contribution in [3.05, 3.63) is 65.5 Å². The molecule has 0 saturated carbocycles. The Bertz CT molecular complexity index is 772. The molecule has 140 valence electrons. The molecule has 0 unspecified atom stereocenters. The number of anilines is 1. The van der Waals surface area contributed by atoms with Crippen LogP contribution in [0.25, 0.3) is 0 Å². The van der Waals surface area contributed by atoms with Crippen molar-refractivity contribution >= 4 is 11.6 Å². The second kappa shape index (κ2) is 7.76. The van der Waals surface area contributed by atoms with E-state index >= 15 is 0 Å². The maximum Gasteiger partial charge on any atom is 0.416 e. The molecule has 0 bridgehead atoms. The Morgan fingerprint density at radius 1 is 1.04 bits per heavy atom. The molecule has 2 aromatic rings. The zero-order valence-corrected chi connectivity index (χ0v) is 14.5. The van der Waals surface area contributed by atoms with E-state index in [2.05, 4.69) is 10.6 Å². The number of alkyl halides is 3. The van der Waals surface area contributed by atoms with Crippen molar-refractivity contribution in [3.63, 3.8) is 0 Å². The van der Waals surface area contributed by atoms with Crippen molar-refractivity contribution in [2.24, 2.45) is 0 Å². The topological polar surface area (TPSA) is 41.1 Å². The first-order valence-corrected chi connectivity index (χ1v) is 8.02. The van der Waals surface area contributed by atoms with Gasteiger partial charge in [0.25, 0.3) is 0 Å². The number of carbonyl (C=O) groups excluding carboxylic acids is 1. The van der Waals surface area contributed by atoms with Gasteiger partial charge in [-0.3, -0.25) is 4.79 Å². The van der Waals surface area contributed by atoms with Gasteiger partial charge in [0.2, 0.25) is 5.91 Å². The molecule has 3 nitrogen and oxygen atoms in total. The molecule has 0 radical (unpaired) electrons. The molecule has 2 aromatic carbocycles. The fourth-order valence-corrected chi connectivity index (χ4v) is 2.48. The van der Waals surface area contributed by atoms with Gasteiger partial charge in [-0.2, -0.15) is 13.2 Å². The van der Waals surface area contributed by atoms with E-state index in [4.69, 9.17) is 0 Å². The summed E-state index contributed by atoms with van der Waals surface area (Å²) in [4.78, 5) is 12.0. The van der Waals surface area contributed by atoms with Crippen molar-refractivity contribution in [1.82, 2.24) is 5.32 Å². The van der Waals surface area contributed by atoms with Crippen LogP contribution in [0.5, 0.6) is 0 Å². The minimum absolute atomic E-state index is 0.186. The first-order valence-electron chi connectivity index (χ1n) is 8.02. The van der Waals surface area contributed by atoms with E-state index in [1.807, 2.05) is 0 Å². The minimum Gasteiger partial charge on any atom is -0.376 e. The number of hydrogen-bond donors (Lipinski definition) is 2. The third-order valence-electron chi connectivity index (χ3n) is 3.97. The maximum absolute atomic E-state index is 13.9. The highest BCUT2D eigenvalue weighted by Crippen LogP contribution is 2.30. The number of rotatable bonds is 6. The normalized spacial score (nSPS) is 11.9. The van der Waals surface area contributed by atoms with Gasteiger partial charge in [0, 0.05) is 17.6 Å². The number of benzene rings is 2. The molecule has 0 saturated heterocycles. The highest BCUT2D eigenvalue weighted by atomic mass is 19.4. The van der Waals surface area contributed by atoms with E-state index in [0.717, 1.165) is 12.1 Å². The van der Waals surface area contributed by atoms with Crippen LogP contribution in [-0.4, -0.2) is 19.0 Å². The van der Waals surface area contributed by atoms with E-state index in [1.165, 1.54) is 18.2 Å². The van der Waals surface area contributed by atoms with E-state index in [-0.39, 0.29) is 24.6 Å². The van der Waals surface area contributed by atoms with Gasteiger partial charge >= 0.3 is 6.18 Å². The lowest BCUT2D eigenvalue weighted by atomic mass is 9.84. The predicted molar refractivity (Wildman–Crippen MR) is 92.4 cm³/mol. The Labute approximate surface area is 149 Å². The summed E-state index contributed by atoms with van der Waals surface area (Å²) in [6, 6.07) is 10.9. The van der Waals surface area contributed by atoms with E-state index < -0.39 is 23.1 Å². The Kier molecular flexibility index (Phi) is 5.90. The molecule has 0 aliphatic carbocycles. The Hall–Kier alpha value is -2.57. The standard InChI is InChI=1S/C19H20F4N2O/c1-18(2,15-8-3-4-9-16(15)20)12-25-17(26)11-24-14-7-5-6-13(10-14)19(21,22)23/h3-10,24H,11-12H2,1-2H3,(H,25,26). The Morgan fingerprint density at radius 3 is 2.38 bits per heavy atom. The first kappa shape index (κ1) is 19.8. The fraction of sp³-hybridized carbons (Fsp3) is 0.316. The summed E-state index contributed by atoms with van der Waals surface area (Å²) in [5, 5.41) is 5.33. The first-order chi connectivity index (χ1) is 12.1. The van der Waals surface area contributed by atoms with Crippen molar-refractivity contribution in [2.75, 3.05) is 18.4 Å². The summed E-state index contributed by atoms with van der Waals surface area (Å²) in [5.41, 5.74) is -0.741. The zero-order valence-electron chi connectivity index (χ0n) is 14.5. The van der Waals surface area contributed by atoms with E-state index in [1.54, 1.807) is 32.0 Å².